The summed E-state index contributed by atoms with van der Waals surface area (Å²) >= 11 is 0.936. The summed E-state index contributed by atoms with van der Waals surface area (Å²) in [4.78, 5) is 2.37. The fourth-order valence-corrected chi connectivity index (χ4v) is 6.84. The molecule has 2 atom stereocenters. The Morgan fingerprint density at radius 1 is 1.43 bits per heavy atom. The summed E-state index contributed by atoms with van der Waals surface area (Å²) < 4.78 is 15.4. The lowest BCUT2D eigenvalue weighted by Gasteiger charge is -2.37. The Labute approximate surface area is 135 Å². The Balaban J connectivity index is 1.57. The smallest absolute Gasteiger partial charge is 0.175 e. The van der Waals surface area contributed by atoms with Crippen molar-refractivity contribution in [3.63, 3.8) is 0 Å². The van der Waals surface area contributed by atoms with E-state index in [9.17, 15) is 4.55 Å². The summed E-state index contributed by atoms with van der Waals surface area (Å²) in [6.45, 7) is 3.29. The van der Waals surface area contributed by atoms with Crippen molar-refractivity contribution in [3.05, 3.63) is 23.8 Å². The molecular weight excluding hydrogens is 298 g/mol. The first-order valence-electron chi connectivity index (χ1n) is 8.15. The van der Waals surface area contributed by atoms with Crippen LogP contribution in [0.15, 0.2) is 28.0 Å². The van der Waals surface area contributed by atoms with Crippen molar-refractivity contribution >= 4 is 23.1 Å². The summed E-state index contributed by atoms with van der Waals surface area (Å²) in [5.41, 5.74) is 1.94. The zero-order chi connectivity index (χ0) is 14.4. The molecule has 1 saturated carbocycles. The molecular formula is C17H23NOS2. The highest BCUT2D eigenvalue weighted by atomic mass is 32.2. The quantitative estimate of drug-likeness (QED) is 0.787. The standard InChI is InChI=1S/C17H23NOS2/c1-2-14-11-17(7-3-8-17)12-18(14)21(19)15-5-4-13-6-9-20-16(13)10-15/h4-5,10,14H,2-3,6-9,11-12H2,1H3. The molecule has 0 radical (unpaired) electrons. The van der Waals surface area contributed by atoms with Crippen molar-refractivity contribution in [2.24, 2.45) is 5.41 Å². The van der Waals surface area contributed by atoms with Crippen LogP contribution in [0.4, 0.5) is 0 Å². The average Bonchev–Trinajstić information content (AvgIpc) is 3.09. The van der Waals surface area contributed by atoms with Gasteiger partial charge in [0.25, 0.3) is 0 Å². The van der Waals surface area contributed by atoms with Crippen LogP contribution in [0.2, 0.25) is 0 Å². The molecule has 1 aliphatic carbocycles. The number of thioether (sulfide) groups is 1. The van der Waals surface area contributed by atoms with Crippen molar-refractivity contribution in [1.29, 1.82) is 0 Å². The van der Waals surface area contributed by atoms with Crippen LogP contribution in [0.5, 0.6) is 0 Å². The molecule has 1 aromatic rings. The second-order valence-electron chi connectivity index (χ2n) is 6.81. The molecule has 2 aliphatic heterocycles. The van der Waals surface area contributed by atoms with E-state index in [0.29, 0.717) is 11.5 Å². The van der Waals surface area contributed by atoms with Crippen LogP contribution >= 0.6 is 11.8 Å². The van der Waals surface area contributed by atoms with E-state index < -0.39 is 11.4 Å². The minimum Gasteiger partial charge on any atom is -0.593 e. The Kier molecular flexibility index (Phi) is 3.77. The first-order chi connectivity index (χ1) is 10.2. The summed E-state index contributed by atoms with van der Waals surface area (Å²) in [6.07, 6.45) is 7.60. The molecule has 2 heterocycles. The number of hydrogen-bond donors (Lipinski definition) is 0. The van der Waals surface area contributed by atoms with Crippen LogP contribution in [0, 0.1) is 5.41 Å². The highest BCUT2D eigenvalue weighted by Gasteiger charge is 2.51. The lowest BCUT2D eigenvalue weighted by Crippen LogP contribution is -2.38. The van der Waals surface area contributed by atoms with Gasteiger partial charge in [-0.2, -0.15) is 0 Å². The van der Waals surface area contributed by atoms with Crippen molar-refractivity contribution in [3.8, 4) is 0 Å². The third-order valence-electron chi connectivity index (χ3n) is 5.53. The molecule has 2 fully saturated rings. The second kappa shape index (κ2) is 5.48. The first-order valence-corrected chi connectivity index (χ1v) is 10.2. The van der Waals surface area contributed by atoms with Crippen molar-refractivity contribution in [2.45, 2.75) is 61.3 Å². The van der Waals surface area contributed by atoms with Gasteiger partial charge in [0.1, 0.15) is 0 Å². The Hall–Kier alpha value is -0.160. The van der Waals surface area contributed by atoms with Crippen molar-refractivity contribution < 1.29 is 4.55 Å². The van der Waals surface area contributed by atoms with Gasteiger partial charge in [0, 0.05) is 16.7 Å². The Morgan fingerprint density at radius 3 is 3.00 bits per heavy atom. The normalized spacial score (nSPS) is 28.6. The van der Waals surface area contributed by atoms with Crippen LogP contribution in [-0.4, -0.2) is 27.2 Å². The zero-order valence-corrected chi connectivity index (χ0v) is 14.3. The van der Waals surface area contributed by atoms with Gasteiger partial charge in [-0.25, -0.2) is 0 Å². The lowest BCUT2D eigenvalue weighted by atomic mass is 9.67. The molecule has 114 valence electrons. The molecule has 4 rings (SSSR count). The van der Waals surface area contributed by atoms with E-state index in [0.717, 1.165) is 24.3 Å². The van der Waals surface area contributed by atoms with E-state index in [4.69, 9.17) is 0 Å². The minimum absolute atomic E-state index is 0.502. The maximum atomic E-state index is 13.1. The molecule has 2 nitrogen and oxygen atoms in total. The first kappa shape index (κ1) is 14.4. The van der Waals surface area contributed by atoms with Crippen LogP contribution in [0.1, 0.15) is 44.6 Å². The number of hydrogen-bond acceptors (Lipinski definition) is 3. The van der Waals surface area contributed by atoms with E-state index in [1.807, 2.05) is 11.8 Å². The van der Waals surface area contributed by atoms with Gasteiger partial charge in [-0.05, 0) is 49.1 Å². The number of aryl methyl sites for hydroxylation is 1. The molecule has 3 aliphatic rings. The third kappa shape index (κ3) is 2.44. The number of nitrogens with zero attached hydrogens (tertiary/aromatic N) is 1. The highest BCUT2D eigenvalue weighted by molar-refractivity contribution is 7.99. The monoisotopic (exact) mass is 321 g/mol. The lowest BCUT2D eigenvalue weighted by molar-refractivity contribution is 0.152. The molecule has 1 aromatic carbocycles. The minimum atomic E-state index is -0.975. The number of fused-ring (bicyclic) bond motifs is 1. The largest absolute Gasteiger partial charge is 0.593 e. The van der Waals surface area contributed by atoms with E-state index in [-0.39, 0.29) is 0 Å². The molecule has 1 spiro atoms. The van der Waals surface area contributed by atoms with Crippen molar-refractivity contribution in [2.75, 3.05) is 12.3 Å². The number of benzene rings is 1. The molecule has 2 unspecified atom stereocenters. The maximum absolute atomic E-state index is 13.1. The van der Waals surface area contributed by atoms with E-state index in [2.05, 4.69) is 29.4 Å². The van der Waals surface area contributed by atoms with E-state index in [1.54, 1.807) is 0 Å². The molecule has 1 saturated heterocycles. The van der Waals surface area contributed by atoms with E-state index in [1.165, 1.54) is 41.9 Å². The topological polar surface area (TPSA) is 26.3 Å². The van der Waals surface area contributed by atoms with Gasteiger partial charge >= 0.3 is 0 Å². The molecule has 0 amide bonds. The summed E-state index contributed by atoms with van der Waals surface area (Å²) in [7, 11) is 0. The van der Waals surface area contributed by atoms with Crippen molar-refractivity contribution in [1.82, 2.24) is 4.31 Å². The number of rotatable bonds is 3. The van der Waals surface area contributed by atoms with Crippen LogP contribution < -0.4 is 0 Å². The van der Waals surface area contributed by atoms with Gasteiger partial charge in [-0.1, -0.05) is 19.4 Å². The Bertz CT molecular complexity index is 544. The summed E-state index contributed by atoms with van der Waals surface area (Å²) in [6, 6.07) is 6.98. The van der Waals surface area contributed by atoms with Crippen LogP contribution in [0.3, 0.4) is 0 Å². The van der Waals surface area contributed by atoms with Gasteiger partial charge in [-0.15, -0.1) is 16.1 Å². The fraction of sp³-hybridized carbons (Fsp3) is 0.647. The van der Waals surface area contributed by atoms with Gasteiger partial charge in [0.05, 0.1) is 23.9 Å². The molecule has 0 aromatic heterocycles. The molecule has 0 N–H and O–H groups in total. The van der Waals surface area contributed by atoms with Crippen LogP contribution in [-0.2, 0) is 17.8 Å². The molecule has 4 heteroatoms. The second-order valence-corrected chi connectivity index (χ2v) is 9.39. The highest BCUT2D eigenvalue weighted by Crippen LogP contribution is 2.52. The summed E-state index contributed by atoms with van der Waals surface area (Å²) in [5, 5.41) is 0. The summed E-state index contributed by atoms with van der Waals surface area (Å²) in [5.74, 6) is 1.18. The maximum Gasteiger partial charge on any atom is 0.175 e. The van der Waals surface area contributed by atoms with E-state index >= 15 is 0 Å². The van der Waals surface area contributed by atoms with Gasteiger partial charge < -0.3 is 4.55 Å². The molecule has 0 bridgehead atoms. The van der Waals surface area contributed by atoms with Gasteiger partial charge in [0.15, 0.2) is 4.90 Å². The van der Waals surface area contributed by atoms with Gasteiger partial charge in [-0.3, -0.25) is 0 Å². The zero-order valence-electron chi connectivity index (χ0n) is 12.6. The predicted octanol–water partition coefficient (Wildman–Crippen LogP) is 4.01. The SMILES string of the molecule is CCC1CC2(CCC2)CN1[S+]([O-])c1ccc2c(c1)SCC2. The third-order valence-corrected chi connectivity index (χ3v) is 8.14. The predicted molar refractivity (Wildman–Crippen MR) is 89.0 cm³/mol. The van der Waals surface area contributed by atoms with Crippen LogP contribution in [0.25, 0.3) is 0 Å². The Morgan fingerprint density at radius 2 is 2.29 bits per heavy atom. The average molecular weight is 322 g/mol. The molecule has 21 heavy (non-hydrogen) atoms. The van der Waals surface area contributed by atoms with Gasteiger partial charge in [0.2, 0.25) is 0 Å². The fourth-order valence-electron chi connectivity index (χ4n) is 4.10.